The van der Waals surface area contributed by atoms with Gasteiger partial charge in [0, 0.05) is 0 Å². The van der Waals surface area contributed by atoms with Crippen LogP contribution >= 0.6 is 0 Å². The largest absolute Gasteiger partial charge is 0.0725 e. The van der Waals surface area contributed by atoms with Crippen molar-refractivity contribution in [3.8, 4) is 44.5 Å². The van der Waals surface area contributed by atoms with E-state index in [9.17, 15) is 0 Å². The molecule has 10 aromatic rings. The molecule has 0 amide bonds. The fraction of sp³-hybridized carbons (Fsp3) is 0.0189. The van der Waals surface area contributed by atoms with Gasteiger partial charge in [-0.05, 0) is 122 Å². The molecule has 0 aliphatic heterocycles. The van der Waals surface area contributed by atoms with E-state index in [4.69, 9.17) is 0 Å². The van der Waals surface area contributed by atoms with E-state index in [1.165, 1.54) is 110 Å². The van der Waals surface area contributed by atoms with Crippen molar-refractivity contribution in [3.05, 3.63) is 216 Å². The van der Waals surface area contributed by atoms with Crippen LogP contribution in [0.15, 0.2) is 194 Å². The Balaban J connectivity index is 1.15. The third kappa shape index (κ3) is 3.75. The van der Waals surface area contributed by atoms with Gasteiger partial charge < -0.3 is 0 Å². The highest BCUT2D eigenvalue weighted by molar-refractivity contribution is 6.22. The van der Waals surface area contributed by atoms with Crippen LogP contribution in [0, 0.1) is 0 Å². The molecule has 0 heteroatoms. The fourth-order valence-electron chi connectivity index (χ4n) is 10.2. The van der Waals surface area contributed by atoms with Crippen LogP contribution in [0.1, 0.15) is 22.3 Å². The van der Waals surface area contributed by atoms with Gasteiger partial charge in [0.2, 0.25) is 0 Å². The summed E-state index contributed by atoms with van der Waals surface area (Å²) >= 11 is 0. The molecule has 0 saturated carbocycles. The van der Waals surface area contributed by atoms with Crippen molar-refractivity contribution in [2.45, 2.75) is 5.41 Å². The van der Waals surface area contributed by atoms with Crippen LogP contribution in [0.5, 0.6) is 0 Å². The lowest BCUT2D eigenvalue weighted by molar-refractivity contribution is 0.794. The van der Waals surface area contributed by atoms with Gasteiger partial charge in [-0.1, -0.05) is 182 Å². The topological polar surface area (TPSA) is 0 Å². The fourth-order valence-corrected chi connectivity index (χ4v) is 10.2. The average Bonchev–Trinajstić information content (AvgIpc) is 3.69. The molecule has 1 spiro atoms. The first-order valence-electron chi connectivity index (χ1n) is 18.6. The van der Waals surface area contributed by atoms with E-state index in [2.05, 4.69) is 194 Å². The van der Waals surface area contributed by atoms with Crippen LogP contribution in [0.25, 0.3) is 87.6 Å². The molecule has 53 heavy (non-hydrogen) atoms. The Labute approximate surface area is 308 Å². The van der Waals surface area contributed by atoms with E-state index in [1.807, 2.05) is 0 Å². The second kappa shape index (κ2) is 10.6. The second-order valence-corrected chi connectivity index (χ2v) is 14.7. The zero-order valence-electron chi connectivity index (χ0n) is 29.0. The number of hydrogen-bond donors (Lipinski definition) is 0. The van der Waals surface area contributed by atoms with E-state index in [0.29, 0.717) is 0 Å². The highest BCUT2D eigenvalue weighted by atomic mass is 14.5. The van der Waals surface area contributed by atoms with Crippen molar-refractivity contribution in [2.24, 2.45) is 0 Å². The maximum atomic E-state index is 2.53. The number of fused-ring (bicyclic) bond motifs is 15. The molecule has 0 nitrogen and oxygen atoms in total. The van der Waals surface area contributed by atoms with Crippen LogP contribution in [0.3, 0.4) is 0 Å². The van der Waals surface area contributed by atoms with E-state index < -0.39 is 0 Å². The van der Waals surface area contributed by atoms with Gasteiger partial charge in [0.15, 0.2) is 0 Å². The maximum Gasteiger partial charge on any atom is 0.0725 e. The molecule has 0 bridgehead atoms. The van der Waals surface area contributed by atoms with Gasteiger partial charge in [0.05, 0.1) is 5.41 Å². The monoisotopic (exact) mass is 668 g/mol. The first-order valence-corrected chi connectivity index (χ1v) is 18.6. The summed E-state index contributed by atoms with van der Waals surface area (Å²) in [6, 6.07) is 72.9. The quantitative estimate of drug-likeness (QED) is 0.127. The Hall–Kier alpha value is -6.76. The molecule has 2 aliphatic carbocycles. The molecule has 0 N–H and O–H groups in total. The SMILES string of the molecule is c1ccc2c(c1)-c1ccccc1C21c2ccccc2-c2ccc(-c3c4ccccc4c(-c4ccc5c(ccc6ccccc65)c4)c4ccccc34)cc21. The normalized spacial score (nSPS) is 13.4. The minimum atomic E-state index is -0.379. The van der Waals surface area contributed by atoms with Crippen molar-refractivity contribution < 1.29 is 0 Å². The lowest BCUT2D eigenvalue weighted by atomic mass is 9.70. The molecule has 0 heterocycles. The average molecular weight is 669 g/mol. The summed E-state index contributed by atoms with van der Waals surface area (Å²) < 4.78 is 0. The summed E-state index contributed by atoms with van der Waals surface area (Å²) in [7, 11) is 0. The third-order valence-corrected chi connectivity index (χ3v) is 12.3. The van der Waals surface area contributed by atoms with Gasteiger partial charge in [-0.15, -0.1) is 0 Å². The van der Waals surface area contributed by atoms with Crippen molar-refractivity contribution >= 4 is 43.1 Å². The highest BCUT2D eigenvalue weighted by Gasteiger charge is 2.51. The zero-order chi connectivity index (χ0) is 34.7. The van der Waals surface area contributed by atoms with Crippen molar-refractivity contribution in [1.29, 1.82) is 0 Å². The number of rotatable bonds is 2. The molecule has 0 aromatic heterocycles. The zero-order valence-corrected chi connectivity index (χ0v) is 29.0. The standard InChI is InChI=1S/C53H32/c1-2-14-37-33(13-1)25-26-34-31-35(27-29-38(34)37)51-43-18-3-5-20-45(43)52(46-21-6-4-19-44(46)51)36-28-30-42-41-17-9-12-24-49(41)53(50(42)32-36)47-22-10-7-15-39(47)40-16-8-11-23-48(40)53/h1-32H. The molecule has 2 aliphatic rings. The Bertz CT molecular complexity index is 3060. The van der Waals surface area contributed by atoms with Crippen LogP contribution in [0.2, 0.25) is 0 Å². The molecule has 12 rings (SSSR count). The molecule has 0 unspecified atom stereocenters. The molecular weight excluding hydrogens is 637 g/mol. The summed E-state index contributed by atoms with van der Waals surface area (Å²) in [5.74, 6) is 0. The van der Waals surface area contributed by atoms with E-state index >= 15 is 0 Å². The van der Waals surface area contributed by atoms with E-state index in [-0.39, 0.29) is 5.41 Å². The first kappa shape index (κ1) is 28.9. The van der Waals surface area contributed by atoms with E-state index in [0.717, 1.165) is 0 Å². The predicted molar refractivity (Wildman–Crippen MR) is 224 cm³/mol. The van der Waals surface area contributed by atoms with Crippen LogP contribution in [0.4, 0.5) is 0 Å². The summed E-state index contributed by atoms with van der Waals surface area (Å²) in [4.78, 5) is 0. The maximum absolute atomic E-state index is 2.53. The number of benzene rings is 10. The lowest BCUT2D eigenvalue weighted by Gasteiger charge is -2.30. The van der Waals surface area contributed by atoms with Gasteiger partial charge in [0.25, 0.3) is 0 Å². The minimum Gasteiger partial charge on any atom is -0.0619 e. The number of hydrogen-bond acceptors (Lipinski definition) is 0. The molecule has 0 fully saturated rings. The Morgan fingerprint density at radius 2 is 0.642 bits per heavy atom. The van der Waals surface area contributed by atoms with Gasteiger partial charge >= 0.3 is 0 Å². The smallest absolute Gasteiger partial charge is 0.0619 e. The second-order valence-electron chi connectivity index (χ2n) is 14.7. The van der Waals surface area contributed by atoms with Crippen molar-refractivity contribution in [3.63, 3.8) is 0 Å². The first-order chi connectivity index (χ1) is 26.3. The lowest BCUT2D eigenvalue weighted by Crippen LogP contribution is -2.25. The summed E-state index contributed by atoms with van der Waals surface area (Å²) in [6.45, 7) is 0. The molecule has 244 valence electrons. The summed E-state index contributed by atoms with van der Waals surface area (Å²) in [6.07, 6.45) is 0. The van der Waals surface area contributed by atoms with Crippen molar-refractivity contribution in [2.75, 3.05) is 0 Å². The Morgan fingerprint density at radius 3 is 1.21 bits per heavy atom. The van der Waals surface area contributed by atoms with Gasteiger partial charge in [0.1, 0.15) is 0 Å². The third-order valence-electron chi connectivity index (χ3n) is 12.3. The summed E-state index contributed by atoms with van der Waals surface area (Å²) in [5.41, 5.74) is 15.5. The Morgan fingerprint density at radius 1 is 0.245 bits per heavy atom. The molecule has 0 atom stereocenters. The minimum absolute atomic E-state index is 0.379. The molecule has 0 saturated heterocycles. The predicted octanol–water partition coefficient (Wildman–Crippen LogP) is 14.0. The van der Waals surface area contributed by atoms with Crippen LogP contribution < -0.4 is 0 Å². The molecule has 0 radical (unpaired) electrons. The molecule has 10 aromatic carbocycles. The van der Waals surface area contributed by atoms with Gasteiger partial charge in [-0.2, -0.15) is 0 Å². The van der Waals surface area contributed by atoms with Crippen LogP contribution in [-0.4, -0.2) is 0 Å². The van der Waals surface area contributed by atoms with Crippen molar-refractivity contribution in [1.82, 2.24) is 0 Å². The Kier molecular flexibility index (Phi) is 5.80. The summed E-state index contributed by atoms with van der Waals surface area (Å²) in [5, 5.41) is 10.2. The highest BCUT2D eigenvalue weighted by Crippen LogP contribution is 2.63. The van der Waals surface area contributed by atoms with Crippen LogP contribution in [-0.2, 0) is 5.41 Å². The van der Waals surface area contributed by atoms with Gasteiger partial charge in [-0.3, -0.25) is 0 Å². The van der Waals surface area contributed by atoms with E-state index in [1.54, 1.807) is 0 Å². The van der Waals surface area contributed by atoms with Gasteiger partial charge in [-0.25, -0.2) is 0 Å². The molecular formula is C53H32.